The van der Waals surface area contributed by atoms with E-state index in [1.165, 1.54) is 10.1 Å². The lowest BCUT2D eigenvalue weighted by molar-refractivity contribution is -0.123. The van der Waals surface area contributed by atoms with Gasteiger partial charge < -0.3 is 14.2 Å². The Kier molecular flexibility index (Phi) is 8.09. The van der Waals surface area contributed by atoms with Gasteiger partial charge in [-0.3, -0.25) is 14.4 Å². The van der Waals surface area contributed by atoms with Crippen LogP contribution in [-0.2, 0) is 11.2 Å². The average Bonchev–Trinajstić information content (AvgIpc) is 3.27. The second-order valence-corrected chi connectivity index (χ2v) is 14.3. The fourth-order valence-corrected chi connectivity index (χ4v) is 4.96. The Bertz CT molecular complexity index is 1260. The molecule has 0 aliphatic rings. The number of nitrogens with one attached hydrogen (secondary N) is 1. The number of methoxy groups -OCH3 is 1. The molecular formula is C26H29N3O5Si. The molecule has 8 nitrogen and oxygen atoms in total. The molecule has 0 bridgehead atoms. The Morgan fingerprint density at radius 3 is 2.29 bits per heavy atom. The van der Waals surface area contributed by atoms with Crippen LogP contribution in [0.2, 0.25) is 19.6 Å². The molecule has 0 aliphatic heterocycles. The molecule has 0 radical (unpaired) electrons. The van der Waals surface area contributed by atoms with Gasteiger partial charge in [0.05, 0.1) is 33.7 Å². The molecule has 2 aromatic carbocycles. The van der Waals surface area contributed by atoms with Crippen LogP contribution in [0.15, 0.2) is 63.9 Å². The molecule has 35 heavy (non-hydrogen) atoms. The quantitative estimate of drug-likeness (QED) is 0.434. The van der Waals surface area contributed by atoms with Crippen LogP contribution < -0.4 is 15.5 Å². The highest BCUT2D eigenvalue weighted by atomic mass is 28.3. The predicted molar refractivity (Wildman–Crippen MR) is 134 cm³/mol. The van der Waals surface area contributed by atoms with Crippen molar-refractivity contribution >= 4 is 25.0 Å². The number of hydrogen-bond acceptors (Lipinski definition) is 6. The van der Waals surface area contributed by atoms with E-state index in [4.69, 9.17) is 9.26 Å². The molecule has 3 aromatic rings. The van der Waals surface area contributed by atoms with Gasteiger partial charge in [-0.05, 0) is 23.3 Å². The zero-order chi connectivity index (χ0) is 25.6. The maximum atomic E-state index is 13.7. The van der Waals surface area contributed by atoms with E-state index in [2.05, 4.69) is 36.9 Å². The van der Waals surface area contributed by atoms with Crippen molar-refractivity contribution < 1.29 is 18.8 Å². The smallest absolute Gasteiger partial charge is 0.293 e. The third-order valence-electron chi connectivity index (χ3n) is 5.71. The molecule has 0 spiro atoms. The van der Waals surface area contributed by atoms with Gasteiger partial charge in [0, 0.05) is 13.0 Å². The number of hydrogen-bond donors (Lipinski definition) is 1. The van der Waals surface area contributed by atoms with Crippen molar-refractivity contribution in [3.8, 4) is 11.8 Å². The van der Waals surface area contributed by atoms with E-state index < -0.39 is 25.6 Å². The fraction of sp³-hybridized carbons (Fsp3) is 0.308. The van der Waals surface area contributed by atoms with Gasteiger partial charge in [0.15, 0.2) is 5.78 Å². The van der Waals surface area contributed by atoms with Crippen molar-refractivity contribution in [1.29, 1.82) is 5.26 Å². The van der Waals surface area contributed by atoms with Crippen LogP contribution in [-0.4, -0.2) is 43.5 Å². The van der Waals surface area contributed by atoms with Crippen LogP contribution in [0.3, 0.4) is 0 Å². The van der Waals surface area contributed by atoms with E-state index in [9.17, 15) is 19.6 Å². The zero-order valence-electron chi connectivity index (χ0n) is 20.3. The standard InChI is InChI=1S/C26H29N3O5Si/c1-33-20-10-8-19(9-11-20)25(22(30)16-18-6-12-21(13-7-18)35(2,3)4)29(15-5-14-27)26(32)23-17-24(31)28-34-23/h6-13,17,25H,5,15-16H2,1-4H3,(H,28,31). The minimum Gasteiger partial charge on any atom is -0.497 e. The maximum absolute atomic E-state index is 13.7. The van der Waals surface area contributed by atoms with Crippen molar-refractivity contribution in [3.05, 3.63) is 81.8 Å². The minimum absolute atomic E-state index is 0.00520. The van der Waals surface area contributed by atoms with Crippen molar-refractivity contribution in [2.24, 2.45) is 0 Å². The lowest BCUT2D eigenvalue weighted by Crippen LogP contribution is -2.40. The van der Waals surface area contributed by atoms with Crippen LogP contribution in [0.5, 0.6) is 5.75 Å². The van der Waals surface area contributed by atoms with Gasteiger partial charge in [0.2, 0.25) is 5.76 Å². The summed E-state index contributed by atoms with van der Waals surface area (Å²) >= 11 is 0. The van der Waals surface area contributed by atoms with Gasteiger partial charge >= 0.3 is 0 Å². The molecule has 3 rings (SSSR count). The summed E-state index contributed by atoms with van der Waals surface area (Å²) in [5.74, 6) is -0.492. The monoisotopic (exact) mass is 491 g/mol. The molecular weight excluding hydrogens is 462 g/mol. The largest absolute Gasteiger partial charge is 0.497 e. The maximum Gasteiger partial charge on any atom is 0.293 e. The molecule has 0 fully saturated rings. The van der Waals surface area contributed by atoms with Crippen molar-refractivity contribution in [2.45, 2.75) is 38.5 Å². The number of aromatic amines is 1. The first kappa shape index (κ1) is 25.7. The van der Waals surface area contributed by atoms with Crippen LogP contribution in [0.4, 0.5) is 0 Å². The highest BCUT2D eigenvalue weighted by Crippen LogP contribution is 2.27. The first-order valence-corrected chi connectivity index (χ1v) is 14.8. The number of H-pyrrole nitrogens is 1. The van der Waals surface area contributed by atoms with Crippen LogP contribution >= 0.6 is 0 Å². The molecule has 1 unspecified atom stereocenters. The number of rotatable bonds is 10. The number of benzene rings is 2. The highest BCUT2D eigenvalue weighted by Gasteiger charge is 2.33. The van der Waals surface area contributed by atoms with Crippen molar-refractivity contribution in [2.75, 3.05) is 13.7 Å². The molecule has 0 saturated carbocycles. The summed E-state index contributed by atoms with van der Waals surface area (Å²) in [6.07, 6.45) is 0.0985. The number of carbonyl (C=O) groups excluding carboxylic acids is 2. The Balaban J connectivity index is 2.00. The average molecular weight is 492 g/mol. The van der Waals surface area contributed by atoms with Crippen LogP contribution in [0.25, 0.3) is 0 Å². The molecule has 1 amide bonds. The summed E-state index contributed by atoms with van der Waals surface area (Å²) in [5.41, 5.74) is 0.832. The summed E-state index contributed by atoms with van der Waals surface area (Å²) in [6, 6.07) is 16.9. The van der Waals surface area contributed by atoms with Gasteiger partial charge in [0.25, 0.3) is 11.5 Å². The zero-order valence-corrected chi connectivity index (χ0v) is 21.3. The Morgan fingerprint density at radius 2 is 1.77 bits per heavy atom. The summed E-state index contributed by atoms with van der Waals surface area (Å²) in [6.45, 7) is 6.75. The predicted octanol–water partition coefficient (Wildman–Crippen LogP) is 3.43. The number of ether oxygens (including phenoxy) is 1. The Hall–Kier alpha value is -3.90. The van der Waals surface area contributed by atoms with Crippen molar-refractivity contribution in [3.63, 3.8) is 0 Å². The number of ketones is 1. The molecule has 0 aliphatic carbocycles. The van der Waals surface area contributed by atoms with Crippen molar-refractivity contribution in [1.82, 2.24) is 10.1 Å². The highest BCUT2D eigenvalue weighted by molar-refractivity contribution is 6.88. The second kappa shape index (κ2) is 11.0. The van der Waals surface area contributed by atoms with E-state index in [1.807, 2.05) is 18.2 Å². The number of nitriles is 1. The first-order chi connectivity index (χ1) is 16.6. The van der Waals surface area contributed by atoms with Gasteiger partial charge in [-0.2, -0.15) is 10.4 Å². The van der Waals surface area contributed by atoms with Gasteiger partial charge in [-0.25, -0.2) is 0 Å². The molecule has 1 heterocycles. The minimum atomic E-state index is -1.48. The lowest BCUT2D eigenvalue weighted by atomic mass is 9.95. The SMILES string of the molecule is COc1ccc(C(C(=O)Cc2ccc([Si](C)(C)C)cc2)N(CCC#N)C(=O)c2cc(=O)[nH]o2)cc1. The van der Waals surface area contributed by atoms with E-state index in [0.29, 0.717) is 11.3 Å². The summed E-state index contributed by atoms with van der Waals surface area (Å²) < 4.78 is 10.2. The molecule has 1 atom stereocenters. The summed E-state index contributed by atoms with van der Waals surface area (Å²) in [7, 11) is 0.0579. The second-order valence-electron chi connectivity index (χ2n) is 9.25. The van der Waals surface area contributed by atoms with Crippen LogP contribution in [0, 0.1) is 11.3 Å². The van der Waals surface area contributed by atoms with Crippen LogP contribution in [0.1, 0.15) is 34.1 Å². The van der Waals surface area contributed by atoms with E-state index in [0.717, 1.165) is 11.6 Å². The number of Topliss-reactive ketones (excluding diaryl/α,β-unsaturated/α-hetero) is 1. The number of nitrogens with zero attached hydrogens (tertiary/aromatic N) is 2. The molecule has 9 heteroatoms. The molecule has 182 valence electrons. The lowest BCUT2D eigenvalue weighted by Gasteiger charge is -2.30. The number of carbonyl (C=O) groups is 2. The summed E-state index contributed by atoms with van der Waals surface area (Å²) in [5, 5.41) is 12.6. The fourth-order valence-electron chi connectivity index (χ4n) is 3.79. The molecule has 1 aromatic heterocycles. The topological polar surface area (TPSA) is 116 Å². The van der Waals surface area contributed by atoms with Gasteiger partial charge in [0.1, 0.15) is 11.8 Å². The summed E-state index contributed by atoms with van der Waals surface area (Å²) in [4.78, 5) is 39.9. The van der Waals surface area contributed by atoms with Gasteiger partial charge in [-0.15, -0.1) is 0 Å². The molecule has 0 saturated heterocycles. The third-order valence-corrected chi connectivity index (χ3v) is 7.77. The number of aromatic nitrogens is 1. The van der Waals surface area contributed by atoms with E-state index in [1.54, 1.807) is 31.4 Å². The molecule has 1 N–H and O–H groups in total. The normalized spacial score (nSPS) is 12.0. The first-order valence-electron chi connectivity index (χ1n) is 11.3. The van der Waals surface area contributed by atoms with E-state index in [-0.39, 0.29) is 30.9 Å². The third kappa shape index (κ3) is 6.37. The Labute approximate surface area is 205 Å². The van der Waals surface area contributed by atoms with E-state index >= 15 is 0 Å². The number of amides is 1. The Morgan fingerprint density at radius 1 is 1.11 bits per heavy atom. The van der Waals surface area contributed by atoms with Gasteiger partial charge in [-0.1, -0.05) is 61.2 Å².